The summed E-state index contributed by atoms with van der Waals surface area (Å²) in [5.41, 5.74) is 1.87. The van der Waals surface area contributed by atoms with Crippen molar-refractivity contribution in [2.45, 2.75) is 61.1 Å². The van der Waals surface area contributed by atoms with Gasteiger partial charge in [-0.2, -0.15) is 0 Å². The Bertz CT molecular complexity index is 801. The standard InChI is InChI=1S/C22H23NO2S/c24-20-17-13-7-8-14-18(17)21(25)22(26-16-11-5-2-6-12-16)19(20)23-15-9-3-1-4-10-15/h2,5-8,11-12,15,22H,1,3-4,9-10,13-14H2. The first kappa shape index (κ1) is 17.5. The zero-order valence-corrected chi connectivity index (χ0v) is 15.6. The van der Waals surface area contributed by atoms with Crippen LogP contribution in [0.5, 0.6) is 0 Å². The summed E-state index contributed by atoms with van der Waals surface area (Å²) in [6.45, 7) is 0. The number of carbonyl (C=O) groups is 2. The number of aliphatic imine (C=N–C) groups is 1. The van der Waals surface area contributed by atoms with Gasteiger partial charge in [-0.1, -0.05) is 49.6 Å². The van der Waals surface area contributed by atoms with Crippen LogP contribution in [-0.2, 0) is 9.59 Å². The maximum atomic E-state index is 13.2. The number of nitrogens with zero attached hydrogens (tertiary/aromatic N) is 1. The van der Waals surface area contributed by atoms with Gasteiger partial charge in [0.25, 0.3) is 0 Å². The van der Waals surface area contributed by atoms with Gasteiger partial charge in [-0.15, -0.1) is 11.8 Å². The van der Waals surface area contributed by atoms with Gasteiger partial charge >= 0.3 is 0 Å². The van der Waals surface area contributed by atoms with E-state index < -0.39 is 5.25 Å². The molecule has 3 aliphatic rings. The van der Waals surface area contributed by atoms with Gasteiger partial charge in [0, 0.05) is 16.0 Å². The molecule has 0 amide bonds. The average Bonchev–Trinajstić information content (AvgIpc) is 2.70. The van der Waals surface area contributed by atoms with E-state index in [4.69, 9.17) is 4.99 Å². The van der Waals surface area contributed by atoms with Crippen LogP contribution in [0.2, 0.25) is 0 Å². The average molecular weight is 365 g/mol. The Morgan fingerprint density at radius 1 is 0.885 bits per heavy atom. The van der Waals surface area contributed by atoms with Crippen molar-refractivity contribution in [3.05, 3.63) is 53.6 Å². The van der Waals surface area contributed by atoms with Crippen LogP contribution in [0.15, 0.2) is 63.5 Å². The van der Waals surface area contributed by atoms with Gasteiger partial charge in [0.1, 0.15) is 11.0 Å². The summed E-state index contributed by atoms with van der Waals surface area (Å²) >= 11 is 1.47. The summed E-state index contributed by atoms with van der Waals surface area (Å²) in [4.78, 5) is 32.3. The van der Waals surface area contributed by atoms with Crippen LogP contribution in [0.3, 0.4) is 0 Å². The molecule has 0 spiro atoms. The molecular weight excluding hydrogens is 342 g/mol. The Balaban J connectivity index is 1.71. The molecule has 4 heteroatoms. The molecule has 0 saturated heterocycles. The van der Waals surface area contributed by atoms with Crippen LogP contribution >= 0.6 is 11.8 Å². The lowest BCUT2D eigenvalue weighted by atomic mass is 9.81. The first-order valence-corrected chi connectivity index (χ1v) is 10.4. The number of hydrogen-bond donors (Lipinski definition) is 0. The van der Waals surface area contributed by atoms with Crippen molar-refractivity contribution >= 4 is 29.0 Å². The summed E-state index contributed by atoms with van der Waals surface area (Å²) in [6, 6.07) is 10.1. The van der Waals surface area contributed by atoms with Crippen molar-refractivity contribution in [3.63, 3.8) is 0 Å². The molecule has 1 atom stereocenters. The Labute approximate surface area is 158 Å². The Hall–Kier alpha value is -1.94. The van der Waals surface area contributed by atoms with E-state index in [1.807, 2.05) is 42.5 Å². The third-order valence-corrected chi connectivity index (χ3v) is 6.58. The summed E-state index contributed by atoms with van der Waals surface area (Å²) in [5, 5.41) is -0.503. The molecule has 1 aromatic carbocycles. The Morgan fingerprint density at radius 2 is 1.58 bits per heavy atom. The highest BCUT2D eigenvalue weighted by molar-refractivity contribution is 8.01. The van der Waals surface area contributed by atoms with Gasteiger partial charge in [-0.05, 0) is 37.8 Å². The van der Waals surface area contributed by atoms with Crippen molar-refractivity contribution in [2.24, 2.45) is 4.99 Å². The highest BCUT2D eigenvalue weighted by atomic mass is 32.2. The van der Waals surface area contributed by atoms with Crippen LogP contribution in [-0.4, -0.2) is 28.6 Å². The van der Waals surface area contributed by atoms with E-state index in [1.165, 1.54) is 18.2 Å². The van der Waals surface area contributed by atoms with Crippen molar-refractivity contribution in [3.8, 4) is 0 Å². The molecule has 0 heterocycles. The minimum atomic E-state index is -0.503. The first-order valence-electron chi connectivity index (χ1n) is 9.49. The smallest absolute Gasteiger partial charge is 0.205 e. The molecule has 1 unspecified atom stereocenters. The van der Waals surface area contributed by atoms with E-state index >= 15 is 0 Å². The summed E-state index contributed by atoms with van der Waals surface area (Å²) in [5.74, 6) is 0.0790. The van der Waals surface area contributed by atoms with Crippen molar-refractivity contribution < 1.29 is 9.59 Å². The van der Waals surface area contributed by atoms with E-state index in [-0.39, 0.29) is 17.6 Å². The van der Waals surface area contributed by atoms with E-state index in [2.05, 4.69) is 0 Å². The molecule has 3 nitrogen and oxygen atoms in total. The molecule has 4 rings (SSSR count). The fourth-order valence-corrected chi connectivity index (χ4v) is 5.08. The molecule has 0 aliphatic heterocycles. The highest BCUT2D eigenvalue weighted by Crippen LogP contribution is 2.36. The summed E-state index contributed by atoms with van der Waals surface area (Å²) < 4.78 is 0. The fraction of sp³-hybridized carbons (Fsp3) is 0.409. The van der Waals surface area contributed by atoms with Gasteiger partial charge in [0.15, 0.2) is 5.78 Å². The van der Waals surface area contributed by atoms with Crippen LogP contribution in [0, 0.1) is 0 Å². The maximum absolute atomic E-state index is 13.2. The first-order chi connectivity index (χ1) is 12.7. The predicted molar refractivity (Wildman–Crippen MR) is 106 cm³/mol. The molecule has 1 saturated carbocycles. The topological polar surface area (TPSA) is 46.5 Å². The van der Waals surface area contributed by atoms with Gasteiger partial charge in [0.05, 0.1) is 6.04 Å². The van der Waals surface area contributed by atoms with Crippen LogP contribution in [0.1, 0.15) is 44.9 Å². The number of allylic oxidation sites excluding steroid dienone is 4. The number of thioether (sulfide) groups is 1. The second-order valence-corrected chi connectivity index (χ2v) is 8.33. The quantitative estimate of drug-likeness (QED) is 0.728. The Kier molecular flexibility index (Phi) is 5.21. The van der Waals surface area contributed by atoms with Gasteiger partial charge in [-0.3, -0.25) is 14.6 Å². The van der Waals surface area contributed by atoms with Crippen LogP contribution in [0.25, 0.3) is 0 Å². The third kappa shape index (κ3) is 3.48. The molecule has 1 fully saturated rings. The van der Waals surface area contributed by atoms with Gasteiger partial charge in [-0.25, -0.2) is 0 Å². The zero-order chi connectivity index (χ0) is 17.9. The van der Waals surface area contributed by atoms with E-state index in [0.29, 0.717) is 29.7 Å². The van der Waals surface area contributed by atoms with Crippen molar-refractivity contribution in [2.75, 3.05) is 0 Å². The molecule has 26 heavy (non-hydrogen) atoms. The third-order valence-electron chi connectivity index (χ3n) is 5.36. The minimum Gasteiger partial charge on any atom is -0.293 e. The van der Waals surface area contributed by atoms with Crippen LogP contribution in [0.4, 0.5) is 0 Å². The van der Waals surface area contributed by atoms with E-state index in [0.717, 1.165) is 30.6 Å². The van der Waals surface area contributed by atoms with Crippen molar-refractivity contribution in [1.82, 2.24) is 0 Å². The minimum absolute atomic E-state index is 0.00274. The monoisotopic (exact) mass is 365 g/mol. The normalized spacial score (nSPS) is 25.7. The molecule has 0 N–H and O–H groups in total. The predicted octanol–water partition coefficient (Wildman–Crippen LogP) is 4.72. The number of benzene rings is 1. The van der Waals surface area contributed by atoms with Crippen LogP contribution < -0.4 is 0 Å². The maximum Gasteiger partial charge on any atom is 0.205 e. The lowest BCUT2D eigenvalue weighted by Gasteiger charge is -2.29. The van der Waals surface area contributed by atoms with Crippen molar-refractivity contribution in [1.29, 1.82) is 0 Å². The van der Waals surface area contributed by atoms with E-state index in [1.54, 1.807) is 0 Å². The number of carbonyl (C=O) groups excluding carboxylic acids is 2. The SMILES string of the molecule is O=C1C(=NC2CCCCC2)C(Sc2ccccc2)C(=O)C2=C1CC=CC2. The summed E-state index contributed by atoms with van der Waals surface area (Å²) in [7, 11) is 0. The Morgan fingerprint density at radius 3 is 2.31 bits per heavy atom. The largest absolute Gasteiger partial charge is 0.293 e. The lowest BCUT2D eigenvalue weighted by Crippen LogP contribution is -2.42. The molecule has 0 aromatic heterocycles. The molecule has 0 bridgehead atoms. The zero-order valence-electron chi connectivity index (χ0n) is 14.8. The molecule has 0 radical (unpaired) electrons. The van der Waals surface area contributed by atoms with Gasteiger partial charge in [0.2, 0.25) is 5.78 Å². The number of Topliss-reactive ketones (excluding diaryl/α,β-unsaturated/α-hetero) is 2. The number of rotatable bonds is 3. The second kappa shape index (κ2) is 7.75. The number of ketones is 2. The molecule has 134 valence electrons. The molecule has 1 aromatic rings. The molecular formula is C22H23NO2S. The molecule has 3 aliphatic carbocycles. The number of hydrogen-bond acceptors (Lipinski definition) is 4. The second-order valence-electron chi connectivity index (χ2n) is 7.15. The fourth-order valence-electron chi connectivity index (χ4n) is 3.96. The van der Waals surface area contributed by atoms with E-state index in [9.17, 15) is 9.59 Å². The van der Waals surface area contributed by atoms with Gasteiger partial charge < -0.3 is 0 Å². The highest BCUT2D eigenvalue weighted by Gasteiger charge is 2.41. The lowest BCUT2D eigenvalue weighted by molar-refractivity contribution is -0.117. The summed E-state index contributed by atoms with van der Waals surface area (Å²) in [6.07, 6.45) is 10.8.